The van der Waals surface area contributed by atoms with Gasteiger partial charge >= 0.3 is 11.9 Å². The topological polar surface area (TPSA) is 80.7 Å². The third-order valence-electron chi connectivity index (χ3n) is 2.48. The lowest BCUT2D eigenvalue weighted by Crippen LogP contribution is -2.32. The third-order valence-corrected chi connectivity index (χ3v) is 4.99. The SMILES string of the molecule is CC(=O)SC[C@@H](C)C(=O)O[C@@H](CSC1CC1)C(=O)O. The van der Waals surface area contributed by atoms with Gasteiger partial charge in [-0.05, 0) is 12.8 Å². The summed E-state index contributed by atoms with van der Waals surface area (Å²) < 4.78 is 5.00. The van der Waals surface area contributed by atoms with E-state index >= 15 is 0 Å². The molecule has 1 fully saturated rings. The molecule has 0 unspecified atom stereocenters. The molecule has 0 bridgehead atoms. The highest BCUT2D eigenvalue weighted by molar-refractivity contribution is 8.13. The maximum atomic E-state index is 11.7. The molecule has 19 heavy (non-hydrogen) atoms. The Morgan fingerprint density at radius 1 is 1.32 bits per heavy atom. The van der Waals surface area contributed by atoms with Crippen LogP contribution in [0.25, 0.3) is 0 Å². The van der Waals surface area contributed by atoms with Gasteiger partial charge in [0.05, 0.1) is 5.92 Å². The van der Waals surface area contributed by atoms with E-state index in [1.165, 1.54) is 18.7 Å². The van der Waals surface area contributed by atoms with Crippen LogP contribution in [0.5, 0.6) is 0 Å². The summed E-state index contributed by atoms with van der Waals surface area (Å²) in [6.45, 7) is 3.06. The molecule has 0 aliphatic heterocycles. The lowest BCUT2D eigenvalue weighted by molar-refractivity contribution is -0.164. The Hall–Kier alpha value is -0.690. The van der Waals surface area contributed by atoms with Crippen LogP contribution in [0.4, 0.5) is 0 Å². The van der Waals surface area contributed by atoms with Crippen molar-refractivity contribution in [2.45, 2.75) is 38.0 Å². The Labute approximate surface area is 120 Å². The fraction of sp³-hybridized carbons (Fsp3) is 0.750. The largest absolute Gasteiger partial charge is 0.478 e. The predicted molar refractivity (Wildman–Crippen MR) is 75.3 cm³/mol. The first-order chi connectivity index (χ1) is 8.90. The summed E-state index contributed by atoms with van der Waals surface area (Å²) in [5.74, 6) is -1.55. The van der Waals surface area contributed by atoms with Crippen LogP contribution < -0.4 is 0 Å². The smallest absolute Gasteiger partial charge is 0.345 e. The molecule has 1 saturated carbocycles. The first-order valence-electron chi connectivity index (χ1n) is 6.08. The number of rotatable bonds is 8. The molecule has 0 saturated heterocycles. The number of thioether (sulfide) groups is 2. The number of carboxylic acids is 1. The molecule has 0 amide bonds. The molecule has 0 spiro atoms. The van der Waals surface area contributed by atoms with Crippen LogP contribution in [0.1, 0.15) is 26.7 Å². The van der Waals surface area contributed by atoms with Crippen molar-refractivity contribution >= 4 is 40.6 Å². The van der Waals surface area contributed by atoms with Gasteiger partial charge in [0, 0.05) is 23.7 Å². The highest BCUT2D eigenvalue weighted by Gasteiger charge is 2.29. The predicted octanol–water partition coefficient (Wildman–Crippen LogP) is 1.79. The maximum absolute atomic E-state index is 11.7. The summed E-state index contributed by atoms with van der Waals surface area (Å²) in [5, 5.41) is 9.45. The van der Waals surface area contributed by atoms with Gasteiger partial charge in [-0.1, -0.05) is 18.7 Å². The van der Waals surface area contributed by atoms with Crippen LogP contribution in [0, 0.1) is 5.92 Å². The summed E-state index contributed by atoms with van der Waals surface area (Å²) in [5.41, 5.74) is 0. The fourth-order valence-corrected chi connectivity index (χ4v) is 2.93. The molecule has 5 nitrogen and oxygen atoms in total. The number of carboxylic acid groups (broad SMARTS) is 1. The van der Waals surface area contributed by atoms with E-state index in [0.29, 0.717) is 11.0 Å². The Bertz CT molecular complexity index is 354. The average Bonchev–Trinajstić information content (AvgIpc) is 3.14. The monoisotopic (exact) mass is 306 g/mol. The van der Waals surface area contributed by atoms with Gasteiger partial charge in [0.2, 0.25) is 6.10 Å². The number of aliphatic carboxylic acids is 1. The second-order valence-corrected chi connectivity index (χ2v) is 7.03. The highest BCUT2D eigenvalue weighted by atomic mass is 32.2. The van der Waals surface area contributed by atoms with Crippen molar-refractivity contribution in [1.29, 1.82) is 0 Å². The lowest BCUT2D eigenvalue weighted by atomic mass is 10.2. The minimum absolute atomic E-state index is 0.0706. The van der Waals surface area contributed by atoms with Gasteiger partial charge in [0.25, 0.3) is 0 Å². The molecular weight excluding hydrogens is 288 g/mol. The molecule has 0 heterocycles. The summed E-state index contributed by atoms with van der Waals surface area (Å²) in [7, 11) is 0. The molecule has 1 rings (SSSR count). The molecule has 2 atom stereocenters. The molecule has 1 aliphatic carbocycles. The normalized spacial score (nSPS) is 17.6. The number of esters is 1. The zero-order valence-electron chi connectivity index (χ0n) is 11.0. The van der Waals surface area contributed by atoms with Gasteiger partial charge in [-0.25, -0.2) is 4.79 Å². The van der Waals surface area contributed by atoms with E-state index in [0.717, 1.165) is 24.6 Å². The zero-order valence-corrected chi connectivity index (χ0v) is 12.6. The van der Waals surface area contributed by atoms with Crippen molar-refractivity contribution in [3.8, 4) is 0 Å². The van der Waals surface area contributed by atoms with Crippen LogP contribution in [-0.4, -0.2) is 45.0 Å². The number of ether oxygens (including phenoxy) is 1. The first kappa shape index (κ1) is 16.4. The zero-order chi connectivity index (χ0) is 14.4. The minimum Gasteiger partial charge on any atom is -0.478 e. The molecule has 1 aliphatic rings. The quantitative estimate of drug-likeness (QED) is 0.685. The van der Waals surface area contributed by atoms with Crippen LogP contribution in [0.15, 0.2) is 0 Å². The van der Waals surface area contributed by atoms with Gasteiger partial charge < -0.3 is 9.84 Å². The summed E-state index contributed by atoms with van der Waals surface area (Å²) in [6.07, 6.45) is 1.12. The summed E-state index contributed by atoms with van der Waals surface area (Å²) >= 11 is 2.57. The van der Waals surface area contributed by atoms with E-state index in [-0.39, 0.29) is 10.9 Å². The van der Waals surface area contributed by atoms with E-state index in [1.54, 1.807) is 6.92 Å². The van der Waals surface area contributed by atoms with Gasteiger partial charge in [-0.3, -0.25) is 9.59 Å². The average molecular weight is 306 g/mol. The van der Waals surface area contributed by atoms with Crippen molar-refractivity contribution in [2.24, 2.45) is 5.92 Å². The third kappa shape index (κ3) is 6.87. The second-order valence-electron chi connectivity index (χ2n) is 4.50. The highest BCUT2D eigenvalue weighted by Crippen LogP contribution is 2.34. The van der Waals surface area contributed by atoms with Crippen molar-refractivity contribution < 1.29 is 24.2 Å². The van der Waals surface area contributed by atoms with Crippen molar-refractivity contribution in [3.05, 3.63) is 0 Å². The van der Waals surface area contributed by atoms with Crippen LogP contribution >= 0.6 is 23.5 Å². The fourth-order valence-electron chi connectivity index (χ4n) is 1.18. The van der Waals surface area contributed by atoms with E-state index in [1.807, 2.05) is 0 Å². The molecule has 0 aromatic carbocycles. The number of hydrogen-bond donors (Lipinski definition) is 1. The summed E-state index contributed by atoms with van der Waals surface area (Å²) in [6, 6.07) is 0. The molecule has 108 valence electrons. The Kier molecular flexibility index (Phi) is 6.71. The lowest BCUT2D eigenvalue weighted by Gasteiger charge is -2.16. The van der Waals surface area contributed by atoms with E-state index < -0.39 is 24.0 Å². The van der Waals surface area contributed by atoms with Crippen molar-refractivity contribution in [3.63, 3.8) is 0 Å². The molecule has 1 N–H and O–H groups in total. The van der Waals surface area contributed by atoms with E-state index in [4.69, 9.17) is 9.84 Å². The van der Waals surface area contributed by atoms with Gasteiger partial charge in [-0.2, -0.15) is 11.8 Å². The van der Waals surface area contributed by atoms with E-state index in [9.17, 15) is 14.4 Å². The van der Waals surface area contributed by atoms with Crippen LogP contribution in [0.2, 0.25) is 0 Å². The van der Waals surface area contributed by atoms with Gasteiger partial charge in [0.15, 0.2) is 5.12 Å². The molecular formula is C12H18O5S2. The number of carbonyl (C=O) groups is 3. The Morgan fingerprint density at radius 2 is 1.95 bits per heavy atom. The first-order valence-corrected chi connectivity index (χ1v) is 8.12. The standard InChI is InChI=1S/C12H18O5S2/c1-7(5-18-8(2)13)12(16)17-10(11(14)15)6-19-9-3-4-9/h7,9-10H,3-6H2,1-2H3,(H,14,15)/t7-,10+/m1/s1. The maximum Gasteiger partial charge on any atom is 0.345 e. The number of hydrogen-bond acceptors (Lipinski definition) is 6. The molecule has 0 radical (unpaired) electrons. The molecule has 0 aromatic heterocycles. The van der Waals surface area contributed by atoms with Crippen LogP contribution in [0.3, 0.4) is 0 Å². The Morgan fingerprint density at radius 3 is 2.42 bits per heavy atom. The second kappa shape index (κ2) is 7.79. The van der Waals surface area contributed by atoms with Crippen molar-refractivity contribution in [2.75, 3.05) is 11.5 Å². The molecule has 0 aromatic rings. The van der Waals surface area contributed by atoms with Gasteiger partial charge in [-0.15, -0.1) is 0 Å². The van der Waals surface area contributed by atoms with Gasteiger partial charge in [0.1, 0.15) is 0 Å². The number of carbonyl (C=O) groups excluding carboxylic acids is 2. The van der Waals surface area contributed by atoms with Crippen molar-refractivity contribution in [1.82, 2.24) is 0 Å². The molecule has 7 heteroatoms. The summed E-state index contributed by atoms with van der Waals surface area (Å²) in [4.78, 5) is 33.5. The Balaban J connectivity index is 2.35. The minimum atomic E-state index is -1.12. The van der Waals surface area contributed by atoms with Crippen LogP contribution in [-0.2, 0) is 19.1 Å². The van der Waals surface area contributed by atoms with E-state index in [2.05, 4.69) is 0 Å².